The first kappa shape index (κ1) is 38.5. The highest BCUT2D eigenvalue weighted by Gasteiger charge is 2.46. The van der Waals surface area contributed by atoms with Gasteiger partial charge in [-0.2, -0.15) is 0 Å². The minimum absolute atomic E-state index is 0.00528. The fourth-order valence-electron chi connectivity index (χ4n) is 6.39. The average Bonchev–Trinajstić information content (AvgIpc) is 3.37. The Balaban J connectivity index is 1.86. The summed E-state index contributed by atoms with van der Waals surface area (Å²) in [5, 5.41) is 8.24. The third-order valence-electron chi connectivity index (χ3n) is 8.89. The van der Waals surface area contributed by atoms with Crippen molar-refractivity contribution in [3.8, 4) is 0 Å². The molecule has 12 heteroatoms. The highest BCUT2D eigenvalue weighted by Crippen LogP contribution is 2.33. The van der Waals surface area contributed by atoms with Crippen LogP contribution in [0.3, 0.4) is 0 Å². The molecule has 0 bridgehead atoms. The summed E-state index contributed by atoms with van der Waals surface area (Å²) in [6.07, 6.45) is 4.29. The molecule has 1 saturated carbocycles. The first-order chi connectivity index (χ1) is 22.3. The molecule has 1 aliphatic carbocycles. The second-order valence-electron chi connectivity index (χ2n) is 15.9. The summed E-state index contributed by atoms with van der Waals surface area (Å²) in [5.74, 6) is -3.09. The number of ketones is 1. The molecular formula is C36H55N5O7. The van der Waals surface area contributed by atoms with Gasteiger partial charge in [0.05, 0.1) is 6.04 Å². The number of carbonyl (C=O) groups is 6. The van der Waals surface area contributed by atoms with Crippen molar-refractivity contribution in [3.05, 3.63) is 35.9 Å². The topological polar surface area (TPSA) is 177 Å². The lowest BCUT2D eigenvalue weighted by Gasteiger charge is -2.36. The van der Waals surface area contributed by atoms with E-state index in [4.69, 9.17) is 10.5 Å². The van der Waals surface area contributed by atoms with Crippen molar-refractivity contribution in [2.24, 2.45) is 28.9 Å². The van der Waals surface area contributed by atoms with E-state index < -0.39 is 70.7 Å². The zero-order chi connectivity index (χ0) is 36.0. The van der Waals surface area contributed by atoms with Gasteiger partial charge in [-0.1, -0.05) is 84.2 Å². The monoisotopic (exact) mass is 669 g/mol. The molecule has 1 unspecified atom stereocenters. The number of nitrogens with one attached hydrogen (secondary N) is 3. The fourth-order valence-corrected chi connectivity index (χ4v) is 6.39. The number of likely N-dealkylation sites (tertiary alicyclic amines) is 1. The van der Waals surface area contributed by atoms with E-state index in [2.05, 4.69) is 29.8 Å². The second-order valence-corrected chi connectivity index (χ2v) is 15.9. The molecule has 48 heavy (non-hydrogen) atoms. The van der Waals surface area contributed by atoms with Crippen molar-refractivity contribution >= 4 is 35.5 Å². The lowest BCUT2D eigenvalue weighted by atomic mass is 9.80. The first-order valence-corrected chi connectivity index (χ1v) is 17.1. The number of urea groups is 1. The number of nitrogens with two attached hydrogens (primary N) is 1. The van der Waals surface area contributed by atoms with Gasteiger partial charge in [0.1, 0.15) is 17.7 Å². The van der Waals surface area contributed by atoms with Crippen LogP contribution in [-0.4, -0.2) is 70.7 Å². The molecule has 2 fully saturated rings. The molecule has 12 nitrogen and oxygen atoms in total. The molecule has 0 radical (unpaired) electrons. The zero-order valence-electron chi connectivity index (χ0n) is 29.8. The van der Waals surface area contributed by atoms with Crippen molar-refractivity contribution in [1.29, 1.82) is 0 Å². The van der Waals surface area contributed by atoms with Crippen molar-refractivity contribution in [3.63, 3.8) is 0 Å². The average molecular weight is 670 g/mol. The summed E-state index contributed by atoms with van der Waals surface area (Å²) >= 11 is 0. The largest absolute Gasteiger partial charge is 0.458 e. The number of hydrogen-bond donors (Lipinski definition) is 4. The Morgan fingerprint density at radius 2 is 1.52 bits per heavy atom. The Kier molecular flexibility index (Phi) is 12.8. The molecule has 1 aromatic rings. The minimum Gasteiger partial charge on any atom is -0.458 e. The van der Waals surface area contributed by atoms with E-state index in [1.165, 1.54) is 4.90 Å². The van der Waals surface area contributed by atoms with E-state index >= 15 is 0 Å². The molecule has 1 saturated heterocycles. The van der Waals surface area contributed by atoms with Gasteiger partial charge in [-0.15, -0.1) is 0 Å². The van der Waals surface area contributed by atoms with Crippen LogP contribution in [0.5, 0.6) is 0 Å². The molecule has 5 amide bonds. The van der Waals surface area contributed by atoms with Gasteiger partial charge < -0.3 is 31.3 Å². The van der Waals surface area contributed by atoms with Gasteiger partial charge in [-0.3, -0.25) is 19.2 Å². The summed E-state index contributed by atoms with van der Waals surface area (Å²) in [5.41, 5.74) is 4.24. The second kappa shape index (κ2) is 16.0. The summed E-state index contributed by atoms with van der Waals surface area (Å²) in [7, 11) is 0. The Hall–Kier alpha value is -3.96. The van der Waals surface area contributed by atoms with E-state index in [0.29, 0.717) is 24.3 Å². The van der Waals surface area contributed by atoms with Gasteiger partial charge >= 0.3 is 12.0 Å². The lowest BCUT2D eigenvalue weighted by molar-refractivity contribution is -0.157. The first-order valence-electron chi connectivity index (χ1n) is 17.1. The lowest BCUT2D eigenvalue weighted by Crippen LogP contribution is -2.60. The molecule has 1 aromatic carbocycles. The number of esters is 1. The fraction of sp³-hybridized carbons (Fsp3) is 0.667. The maximum Gasteiger partial charge on any atom is 0.333 e. The van der Waals surface area contributed by atoms with Crippen LogP contribution in [0.15, 0.2) is 30.3 Å². The Morgan fingerprint density at radius 1 is 0.896 bits per heavy atom. The van der Waals surface area contributed by atoms with Crippen molar-refractivity contribution in [2.75, 3.05) is 6.54 Å². The molecule has 0 spiro atoms. The van der Waals surface area contributed by atoms with Crippen LogP contribution in [0.4, 0.5) is 4.79 Å². The van der Waals surface area contributed by atoms with Gasteiger partial charge in [-0.05, 0) is 68.8 Å². The van der Waals surface area contributed by atoms with Crippen molar-refractivity contribution in [1.82, 2.24) is 20.9 Å². The highest BCUT2D eigenvalue weighted by molar-refractivity contribution is 6.37. The van der Waals surface area contributed by atoms with Crippen molar-refractivity contribution < 1.29 is 33.5 Å². The number of ether oxygens (including phenoxy) is 1. The predicted octanol–water partition coefficient (Wildman–Crippen LogP) is 3.78. The third kappa shape index (κ3) is 10.8. The minimum atomic E-state index is -1.14. The van der Waals surface area contributed by atoms with Gasteiger partial charge in [0.2, 0.25) is 17.6 Å². The highest BCUT2D eigenvalue weighted by atomic mass is 16.6. The van der Waals surface area contributed by atoms with Gasteiger partial charge in [0.25, 0.3) is 5.91 Å². The summed E-state index contributed by atoms with van der Waals surface area (Å²) < 4.78 is 5.58. The Bertz CT molecular complexity index is 1330. The molecule has 2 aliphatic rings. The molecule has 5 N–H and O–H groups in total. The number of carbonyl (C=O) groups excluding carboxylic acids is 6. The van der Waals surface area contributed by atoms with Crippen LogP contribution in [-0.2, 0) is 28.7 Å². The van der Waals surface area contributed by atoms with Crippen LogP contribution in [0.1, 0.15) is 106 Å². The van der Waals surface area contributed by atoms with E-state index in [-0.39, 0.29) is 18.4 Å². The number of rotatable bonds is 13. The normalized spacial score (nSPS) is 20.2. The van der Waals surface area contributed by atoms with Gasteiger partial charge in [-0.25, -0.2) is 9.59 Å². The smallest absolute Gasteiger partial charge is 0.333 e. The molecule has 1 aliphatic heterocycles. The van der Waals surface area contributed by atoms with Crippen molar-refractivity contribution in [2.45, 2.75) is 124 Å². The van der Waals surface area contributed by atoms with E-state index in [1.54, 1.807) is 71.9 Å². The van der Waals surface area contributed by atoms with Gasteiger partial charge in [0.15, 0.2) is 6.04 Å². The standard InChI is InChI=1S/C36H55N5O7/c1-21(2)17-23-19-26(31(44)38-25(28(42)30(37)43)18-22-13-12-14-22)41(20-23)32(45)29(35(3,4)5)40-34(47)39-27(24-15-10-9-11-16-24)33(46)48-36(6,7)8/h9-11,15-16,21-23,25-27,29H,12-14,17-20H2,1-8H3,(H2,37,43)(H,38,44)(H2,39,40,47)/t23-,25?,26+,27-,29-/m1/s1. The molecule has 3 rings (SSSR count). The summed E-state index contributed by atoms with van der Waals surface area (Å²) in [4.78, 5) is 81.0. The van der Waals surface area contributed by atoms with E-state index in [0.717, 1.165) is 25.7 Å². The molecule has 266 valence electrons. The predicted molar refractivity (Wildman–Crippen MR) is 181 cm³/mol. The van der Waals surface area contributed by atoms with Crippen LogP contribution < -0.4 is 21.7 Å². The number of Topliss-reactive ketones (excluding diaryl/α,β-unsaturated/α-hetero) is 1. The van der Waals surface area contributed by atoms with Crippen LogP contribution in [0, 0.1) is 23.2 Å². The van der Waals surface area contributed by atoms with Crippen LogP contribution in [0.25, 0.3) is 0 Å². The Labute approximate surface area is 284 Å². The van der Waals surface area contributed by atoms with E-state index in [9.17, 15) is 28.8 Å². The number of primary amides is 1. The quantitative estimate of drug-likeness (QED) is 0.182. The molecular weight excluding hydrogens is 614 g/mol. The number of nitrogens with zero attached hydrogens (tertiary/aromatic N) is 1. The zero-order valence-corrected chi connectivity index (χ0v) is 29.8. The number of benzene rings is 1. The number of hydrogen-bond acceptors (Lipinski definition) is 7. The SMILES string of the molecule is CC(C)C[C@@H]1C[C@@H](C(=O)NC(CC2CCC2)C(=O)C(N)=O)N(C(=O)[C@@H](NC(=O)N[C@@H](C(=O)OC(C)(C)C)c2ccccc2)C(C)(C)C)C1. The number of amides is 5. The maximum atomic E-state index is 14.4. The van der Waals surface area contributed by atoms with E-state index in [1.807, 2.05) is 0 Å². The molecule has 1 heterocycles. The summed E-state index contributed by atoms with van der Waals surface area (Å²) in [6.45, 7) is 15.0. The van der Waals surface area contributed by atoms with Crippen LogP contribution in [0.2, 0.25) is 0 Å². The van der Waals surface area contributed by atoms with Gasteiger partial charge in [0, 0.05) is 6.54 Å². The third-order valence-corrected chi connectivity index (χ3v) is 8.89. The molecule has 0 aromatic heterocycles. The summed E-state index contributed by atoms with van der Waals surface area (Å²) in [6, 6.07) is 3.71. The van der Waals surface area contributed by atoms with Crippen LogP contribution >= 0.6 is 0 Å². The maximum absolute atomic E-state index is 14.4. The Morgan fingerprint density at radius 3 is 2.02 bits per heavy atom. The molecule has 5 atom stereocenters.